The van der Waals surface area contributed by atoms with Gasteiger partial charge in [-0.1, -0.05) is 0 Å². The van der Waals surface area contributed by atoms with Gasteiger partial charge < -0.3 is 10.2 Å². The van der Waals surface area contributed by atoms with Crippen molar-refractivity contribution in [1.29, 1.82) is 0 Å². The third-order valence-corrected chi connectivity index (χ3v) is 5.11. The number of rotatable bonds is 4. The first-order chi connectivity index (χ1) is 12.3. The highest BCUT2D eigenvalue weighted by Crippen LogP contribution is 2.40. The Bertz CT molecular complexity index is 684. The van der Waals surface area contributed by atoms with Crippen molar-refractivity contribution in [3.8, 4) is 0 Å². The van der Waals surface area contributed by atoms with Crippen molar-refractivity contribution in [3.63, 3.8) is 0 Å². The molecular formula is C14H14Cl4N6O2. The molecule has 2 N–H and O–H groups in total. The Morgan fingerprint density at radius 3 is 1.12 bits per heavy atom. The van der Waals surface area contributed by atoms with Gasteiger partial charge in [0, 0.05) is 0 Å². The van der Waals surface area contributed by atoms with Gasteiger partial charge in [-0.25, -0.2) is 0 Å². The molecule has 0 aliphatic heterocycles. The Morgan fingerprint density at radius 1 is 0.577 bits per heavy atom. The van der Waals surface area contributed by atoms with E-state index in [9.17, 15) is 10.2 Å². The molecule has 0 amide bonds. The fourth-order valence-corrected chi connectivity index (χ4v) is 3.90. The van der Waals surface area contributed by atoms with Crippen molar-refractivity contribution >= 4 is 46.4 Å². The highest BCUT2D eigenvalue weighted by atomic mass is 35.5. The van der Waals surface area contributed by atoms with Crippen molar-refractivity contribution < 1.29 is 10.2 Å². The number of hydrogen-bond donors (Lipinski definition) is 2. The highest BCUT2D eigenvalue weighted by Gasteiger charge is 2.33. The van der Waals surface area contributed by atoms with E-state index in [4.69, 9.17) is 46.4 Å². The molecule has 0 bridgehead atoms. The molecule has 0 saturated heterocycles. The minimum Gasteiger partial charge on any atom is -0.385 e. The van der Waals surface area contributed by atoms with Crippen LogP contribution in [0.5, 0.6) is 0 Å². The van der Waals surface area contributed by atoms with Crippen molar-refractivity contribution in [1.82, 2.24) is 29.9 Å². The van der Waals surface area contributed by atoms with Crippen LogP contribution in [0.25, 0.3) is 0 Å². The van der Waals surface area contributed by atoms with E-state index in [0.29, 0.717) is 25.7 Å². The monoisotopic (exact) mass is 438 g/mol. The van der Waals surface area contributed by atoms with Crippen LogP contribution < -0.4 is 0 Å². The molecule has 26 heavy (non-hydrogen) atoms. The van der Waals surface area contributed by atoms with E-state index in [0.717, 1.165) is 0 Å². The molecule has 0 radical (unpaired) electrons. The molecule has 1 saturated carbocycles. The number of halogens is 4. The molecule has 12 heteroatoms. The smallest absolute Gasteiger partial charge is 0.227 e. The minimum atomic E-state index is -0.910. The zero-order chi connectivity index (χ0) is 18.8. The standard InChI is InChI=1S/C14H14Cl4N6O2/c15-11-19-9(20-12(16)23-11)7(25)5-1-2-6(4-3-5)8(26)10-21-13(17)24-14(18)22-10/h5-8,25-26H,1-4H2. The first kappa shape index (κ1) is 19.9. The van der Waals surface area contributed by atoms with Gasteiger partial charge in [0.05, 0.1) is 0 Å². The van der Waals surface area contributed by atoms with Gasteiger partial charge in [0.1, 0.15) is 12.2 Å². The maximum atomic E-state index is 10.5. The lowest BCUT2D eigenvalue weighted by molar-refractivity contribution is 0.0258. The summed E-state index contributed by atoms with van der Waals surface area (Å²) in [5.74, 6) is 0.127. The number of nitrogens with zero attached hydrogens (tertiary/aromatic N) is 6. The molecule has 0 spiro atoms. The van der Waals surface area contributed by atoms with E-state index in [1.165, 1.54) is 0 Å². The van der Waals surface area contributed by atoms with E-state index in [-0.39, 0.29) is 44.6 Å². The summed E-state index contributed by atoms with van der Waals surface area (Å²) in [6, 6.07) is 0. The summed E-state index contributed by atoms with van der Waals surface area (Å²) in [6.45, 7) is 0. The lowest BCUT2D eigenvalue weighted by Gasteiger charge is -2.32. The maximum absolute atomic E-state index is 10.5. The Morgan fingerprint density at radius 2 is 0.846 bits per heavy atom. The summed E-state index contributed by atoms with van der Waals surface area (Å²) in [5.41, 5.74) is 0. The molecule has 2 aromatic rings. The van der Waals surface area contributed by atoms with E-state index < -0.39 is 12.2 Å². The summed E-state index contributed by atoms with van der Waals surface area (Å²) < 4.78 is 0. The first-order valence-electron chi connectivity index (χ1n) is 7.83. The molecule has 0 aromatic carbocycles. The second-order valence-electron chi connectivity index (χ2n) is 6.03. The fraction of sp³-hybridized carbons (Fsp3) is 0.571. The third-order valence-electron chi connectivity index (χ3n) is 4.43. The van der Waals surface area contributed by atoms with Gasteiger partial charge in [0.25, 0.3) is 0 Å². The van der Waals surface area contributed by atoms with Gasteiger partial charge in [-0.3, -0.25) is 0 Å². The minimum absolute atomic E-state index is 0.0632. The van der Waals surface area contributed by atoms with Crippen LogP contribution in [0.15, 0.2) is 0 Å². The van der Waals surface area contributed by atoms with Crippen LogP contribution in [0.2, 0.25) is 21.1 Å². The Labute approximate surface area is 169 Å². The summed E-state index contributed by atoms with van der Waals surface area (Å²) in [7, 11) is 0. The molecule has 2 atom stereocenters. The maximum Gasteiger partial charge on any atom is 0.227 e. The van der Waals surface area contributed by atoms with Gasteiger partial charge >= 0.3 is 0 Å². The van der Waals surface area contributed by atoms with Crippen LogP contribution in [-0.2, 0) is 0 Å². The van der Waals surface area contributed by atoms with Gasteiger partial charge in [-0.2, -0.15) is 29.9 Å². The van der Waals surface area contributed by atoms with E-state index in [1.807, 2.05) is 0 Å². The molecule has 2 aromatic heterocycles. The zero-order valence-electron chi connectivity index (χ0n) is 13.2. The Hall–Kier alpha value is -0.900. The largest absolute Gasteiger partial charge is 0.385 e. The predicted molar refractivity (Wildman–Crippen MR) is 95.1 cm³/mol. The second kappa shape index (κ2) is 8.41. The Kier molecular flexibility index (Phi) is 6.42. The number of aromatic nitrogens is 6. The average Bonchev–Trinajstić information content (AvgIpc) is 2.59. The summed E-state index contributed by atoms with van der Waals surface area (Å²) >= 11 is 23.0. The van der Waals surface area contributed by atoms with E-state index in [2.05, 4.69) is 29.9 Å². The third kappa shape index (κ3) is 4.68. The normalized spacial score (nSPS) is 22.8. The SMILES string of the molecule is OC(c1nc(Cl)nc(Cl)n1)C1CCC(C(O)c2nc(Cl)nc(Cl)n2)CC1. The molecule has 140 valence electrons. The lowest BCUT2D eigenvalue weighted by Crippen LogP contribution is -2.26. The highest BCUT2D eigenvalue weighted by molar-refractivity contribution is 6.31. The molecule has 1 aliphatic carbocycles. The van der Waals surface area contributed by atoms with Gasteiger partial charge in [-0.05, 0) is 83.9 Å². The second-order valence-corrected chi connectivity index (χ2v) is 7.38. The number of hydrogen-bond acceptors (Lipinski definition) is 8. The molecule has 8 nitrogen and oxygen atoms in total. The van der Waals surface area contributed by atoms with Crippen LogP contribution in [0, 0.1) is 11.8 Å². The predicted octanol–water partition coefficient (Wildman–Crippen LogP) is 3.24. The summed E-state index contributed by atoms with van der Waals surface area (Å²) in [4.78, 5) is 23.1. The molecule has 1 fully saturated rings. The molecule has 2 heterocycles. The van der Waals surface area contributed by atoms with Crippen LogP contribution >= 0.6 is 46.4 Å². The van der Waals surface area contributed by atoms with Crippen LogP contribution in [0.3, 0.4) is 0 Å². The molecule has 2 unspecified atom stereocenters. The van der Waals surface area contributed by atoms with Crippen LogP contribution in [0.1, 0.15) is 49.5 Å². The number of aliphatic hydroxyl groups excluding tert-OH is 2. The topological polar surface area (TPSA) is 118 Å². The molecule has 1 aliphatic rings. The first-order valence-corrected chi connectivity index (χ1v) is 9.34. The molecular weight excluding hydrogens is 426 g/mol. The van der Waals surface area contributed by atoms with E-state index in [1.54, 1.807) is 0 Å². The number of aliphatic hydroxyl groups is 2. The lowest BCUT2D eigenvalue weighted by atomic mass is 9.77. The summed E-state index contributed by atoms with van der Waals surface area (Å²) in [6.07, 6.45) is 0.777. The van der Waals surface area contributed by atoms with Gasteiger partial charge in [0.2, 0.25) is 21.1 Å². The van der Waals surface area contributed by atoms with Crippen LogP contribution in [0.4, 0.5) is 0 Å². The van der Waals surface area contributed by atoms with Crippen molar-refractivity contribution in [2.75, 3.05) is 0 Å². The Balaban J connectivity index is 1.64. The van der Waals surface area contributed by atoms with Gasteiger partial charge in [0.15, 0.2) is 11.6 Å². The molecule has 3 rings (SSSR count). The van der Waals surface area contributed by atoms with Crippen molar-refractivity contribution in [2.24, 2.45) is 11.8 Å². The fourth-order valence-electron chi connectivity index (χ4n) is 3.14. The zero-order valence-corrected chi connectivity index (χ0v) is 16.3. The van der Waals surface area contributed by atoms with Crippen molar-refractivity contribution in [2.45, 2.75) is 37.9 Å². The summed E-state index contributed by atoms with van der Waals surface area (Å²) in [5, 5.41) is 20.8. The van der Waals surface area contributed by atoms with Crippen LogP contribution in [-0.4, -0.2) is 40.1 Å². The van der Waals surface area contributed by atoms with E-state index >= 15 is 0 Å². The van der Waals surface area contributed by atoms with Crippen molar-refractivity contribution in [3.05, 3.63) is 32.8 Å². The quantitative estimate of drug-likeness (QED) is 0.745. The van der Waals surface area contributed by atoms with Gasteiger partial charge in [-0.15, -0.1) is 0 Å². The average molecular weight is 440 g/mol.